The normalized spacial score (nSPS) is 10.9. The molecule has 1 heterocycles. The number of rotatable bonds is 3. The van der Waals surface area contributed by atoms with E-state index in [9.17, 15) is 9.18 Å². The molecule has 0 unspecified atom stereocenters. The van der Waals surface area contributed by atoms with Crippen LogP contribution in [0, 0.1) is 19.7 Å². The van der Waals surface area contributed by atoms with Gasteiger partial charge in [0, 0.05) is 16.6 Å². The number of hydrogen-bond acceptors (Lipinski definition) is 2. The number of benzene rings is 2. The van der Waals surface area contributed by atoms with E-state index in [0.29, 0.717) is 5.69 Å². The van der Waals surface area contributed by atoms with Crippen molar-refractivity contribution < 1.29 is 13.6 Å². The lowest BCUT2D eigenvalue weighted by Crippen LogP contribution is -2.14. The maximum absolute atomic E-state index is 12.8. The van der Waals surface area contributed by atoms with Gasteiger partial charge in [0.25, 0.3) is 0 Å². The van der Waals surface area contributed by atoms with Crippen LogP contribution < -0.4 is 5.32 Å². The Kier molecular flexibility index (Phi) is 3.67. The molecule has 3 nitrogen and oxygen atoms in total. The average molecular weight is 297 g/mol. The summed E-state index contributed by atoms with van der Waals surface area (Å²) in [5, 5.41) is 3.71. The predicted octanol–water partition coefficient (Wildman–Crippen LogP) is 4.37. The van der Waals surface area contributed by atoms with E-state index >= 15 is 0 Å². The monoisotopic (exact) mass is 297 g/mol. The Bertz CT molecular complexity index is 834. The summed E-state index contributed by atoms with van der Waals surface area (Å²) in [4.78, 5) is 12.1. The zero-order valence-corrected chi connectivity index (χ0v) is 12.4. The van der Waals surface area contributed by atoms with Crippen LogP contribution in [0.4, 0.5) is 10.1 Å². The van der Waals surface area contributed by atoms with Crippen LogP contribution >= 0.6 is 0 Å². The van der Waals surface area contributed by atoms with Gasteiger partial charge in [-0.15, -0.1) is 0 Å². The van der Waals surface area contributed by atoms with E-state index in [4.69, 9.17) is 4.42 Å². The summed E-state index contributed by atoms with van der Waals surface area (Å²) in [6.07, 6.45) is 1.83. The summed E-state index contributed by atoms with van der Waals surface area (Å²) in [6.45, 7) is 4.06. The second kappa shape index (κ2) is 5.64. The highest BCUT2D eigenvalue weighted by Crippen LogP contribution is 2.25. The fourth-order valence-corrected chi connectivity index (χ4v) is 2.38. The molecule has 0 saturated carbocycles. The maximum atomic E-state index is 12.8. The number of amides is 1. The Morgan fingerprint density at radius 3 is 2.55 bits per heavy atom. The number of carbonyl (C=O) groups excluding carboxylic acids is 1. The number of nitrogens with one attached hydrogen (secondary N) is 1. The third-order valence-corrected chi connectivity index (χ3v) is 3.75. The van der Waals surface area contributed by atoms with Crippen molar-refractivity contribution in [3.8, 4) is 0 Å². The van der Waals surface area contributed by atoms with Crippen LogP contribution in [0.1, 0.15) is 16.7 Å². The van der Waals surface area contributed by atoms with E-state index in [1.165, 1.54) is 24.3 Å². The van der Waals surface area contributed by atoms with Gasteiger partial charge in [0.15, 0.2) is 0 Å². The molecular weight excluding hydrogens is 281 g/mol. The van der Waals surface area contributed by atoms with E-state index in [2.05, 4.69) is 5.32 Å². The molecule has 0 radical (unpaired) electrons. The SMILES string of the molecule is Cc1cc2occ(CC(=O)Nc3ccc(F)cc3)c2cc1C. The molecule has 0 saturated heterocycles. The number of anilines is 1. The highest BCUT2D eigenvalue weighted by atomic mass is 19.1. The lowest BCUT2D eigenvalue weighted by Gasteiger charge is -2.05. The summed E-state index contributed by atoms with van der Waals surface area (Å²) in [7, 11) is 0. The summed E-state index contributed by atoms with van der Waals surface area (Å²) in [5.74, 6) is -0.489. The van der Waals surface area contributed by atoms with Gasteiger partial charge in [0.05, 0.1) is 12.7 Å². The average Bonchev–Trinajstić information content (AvgIpc) is 2.84. The largest absolute Gasteiger partial charge is 0.464 e. The van der Waals surface area contributed by atoms with Crippen LogP contribution in [0.3, 0.4) is 0 Å². The molecule has 3 rings (SSSR count). The summed E-state index contributed by atoms with van der Waals surface area (Å²) >= 11 is 0. The van der Waals surface area contributed by atoms with Crippen LogP contribution in [0.25, 0.3) is 11.0 Å². The van der Waals surface area contributed by atoms with Crippen molar-refractivity contribution in [3.05, 3.63) is 65.2 Å². The van der Waals surface area contributed by atoms with E-state index in [1.807, 2.05) is 26.0 Å². The summed E-state index contributed by atoms with van der Waals surface area (Å²) < 4.78 is 18.4. The van der Waals surface area contributed by atoms with Crippen LogP contribution in [-0.4, -0.2) is 5.91 Å². The third-order valence-electron chi connectivity index (χ3n) is 3.75. The first-order valence-corrected chi connectivity index (χ1v) is 7.05. The summed E-state index contributed by atoms with van der Waals surface area (Å²) in [6, 6.07) is 9.72. The van der Waals surface area contributed by atoms with Crippen molar-refractivity contribution in [3.63, 3.8) is 0 Å². The molecule has 0 aliphatic carbocycles. The van der Waals surface area contributed by atoms with E-state index in [1.54, 1.807) is 6.26 Å². The molecule has 2 aromatic carbocycles. The second-order valence-electron chi connectivity index (χ2n) is 5.43. The van der Waals surface area contributed by atoms with Crippen molar-refractivity contribution in [2.45, 2.75) is 20.3 Å². The minimum atomic E-state index is -0.329. The van der Waals surface area contributed by atoms with E-state index < -0.39 is 0 Å². The van der Waals surface area contributed by atoms with Gasteiger partial charge in [0.2, 0.25) is 5.91 Å². The van der Waals surface area contributed by atoms with Gasteiger partial charge in [-0.25, -0.2) is 4.39 Å². The highest BCUT2D eigenvalue weighted by Gasteiger charge is 2.12. The van der Waals surface area contributed by atoms with Crippen molar-refractivity contribution >= 4 is 22.6 Å². The minimum Gasteiger partial charge on any atom is -0.464 e. The fraction of sp³-hybridized carbons (Fsp3) is 0.167. The van der Waals surface area contributed by atoms with Gasteiger partial charge in [-0.1, -0.05) is 0 Å². The molecule has 0 bridgehead atoms. The first-order valence-electron chi connectivity index (χ1n) is 7.05. The minimum absolute atomic E-state index is 0.160. The number of hydrogen-bond donors (Lipinski definition) is 1. The topological polar surface area (TPSA) is 42.2 Å². The predicted molar refractivity (Wildman–Crippen MR) is 84.4 cm³/mol. The Hall–Kier alpha value is -2.62. The fourth-order valence-electron chi connectivity index (χ4n) is 2.38. The zero-order valence-electron chi connectivity index (χ0n) is 12.4. The Morgan fingerprint density at radius 1 is 1.14 bits per heavy atom. The lowest BCUT2D eigenvalue weighted by molar-refractivity contribution is -0.115. The Balaban J connectivity index is 1.79. The smallest absolute Gasteiger partial charge is 0.228 e. The van der Waals surface area contributed by atoms with Crippen LogP contribution in [0.15, 0.2) is 47.1 Å². The molecule has 3 aromatic rings. The van der Waals surface area contributed by atoms with E-state index in [0.717, 1.165) is 27.7 Å². The van der Waals surface area contributed by atoms with Crippen LogP contribution in [0.2, 0.25) is 0 Å². The molecule has 112 valence electrons. The molecule has 1 N–H and O–H groups in total. The number of carbonyl (C=O) groups is 1. The van der Waals surface area contributed by atoms with E-state index in [-0.39, 0.29) is 18.1 Å². The molecule has 4 heteroatoms. The van der Waals surface area contributed by atoms with Gasteiger partial charge in [0.1, 0.15) is 11.4 Å². The molecule has 0 atom stereocenters. The molecule has 22 heavy (non-hydrogen) atoms. The Labute approximate surface area is 127 Å². The Morgan fingerprint density at radius 2 is 1.82 bits per heavy atom. The molecule has 0 aliphatic heterocycles. The van der Waals surface area contributed by atoms with Crippen molar-refractivity contribution in [2.24, 2.45) is 0 Å². The molecule has 1 amide bonds. The number of fused-ring (bicyclic) bond motifs is 1. The maximum Gasteiger partial charge on any atom is 0.228 e. The van der Waals surface area contributed by atoms with Crippen LogP contribution in [-0.2, 0) is 11.2 Å². The molecule has 0 spiro atoms. The van der Waals surface area contributed by atoms with Gasteiger partial charge in [-0.2, -0.15) is 0 Å². The van der Waals surface area contributed by atoms with Crippen LogP contribution in [0.5, 0.6) is 0 Å². The second-order valence-corrected chi connectivity index (χ2v) is 5.43. The molecule has 1 aromatic heterocycles. The van der Waals surface area contributed by atoms with Crippen molar-refractivity contribution in [2.75, 3.05) is 5.32 Å². The standard InChI is InChI=1S/C18H16FNO2/c1-11-7-16-13(10-22-17(16)8-12(11)2)9-18(21)20-15-5-3-14(19)4-6-15/h3-8,10H,9H2,1-2H3,(H,20,21). The van der Waals surface area contributed by atoms with Crippen molar-refractivity contribution in [1.82, 2.24) is 0 Å². The van der Waals surface area contributed by atoms with Gasteiger partial charge < -0.3 is 9.73 Å². The molecular formula is C18H16FNO2. The van der Waals surface area contributed by atoms with Crippen molar-refractivity contribution in [1.29, 1.82) is 0 Å². The quantitative estimate of drug-likeness (QED) is 0.780. The molecule has 0 aliphatic rings. The number of furan rings is 1. The number of halogens is 1. The first-order chi connectivity index (χ1) is 10.5. The third kappa shape index (κ3) is 2.86. The zero-order chi connectivity index (χ0) is 15.7. The first kappa shape index (κ1) is 14.3. The summed E-state index contributed by atoms with van der Waals surface area (Å²) in [5.41, 5.74) is 4.52. The van der Waals surface area contributed by atoms with Gasteiger partial charge in [-0.05, 0) is 61.4 Å². The highest BCUT2D eigenvalue weighted by molar-refractivity contribution is 5.95. The lowest BCUT2D eigenvalue weighted by atomic mass is 10.0. The van der Waals surface area contributed by atoms with Gasteiger partial charge in [-0.3, -0.25) is 4.79 Å². The van der Waals surface area contributed by atoms with Gasteiger partial charge >= 0.3 is 0 Å². The molecule has 0 fully saturated rings. The number of aryl methyl sites for hydroxylation is 2.